The third kappa shape index (κ3) is 4.46. The molecule has 1 aromatic heterocycles. The lowest BCUT2D eigenvalue weighted by Gasteiger charge is -2.27. The third-order valence-electron chi connectivity index (χ3n) is 5.50. The fraction of sp³-hybridized carbons (Fsp3) is 0.280. The van der Waals surface area contributed by atoms with Crippen molar-refractivity contribution >= 4 is 11.5 Å². The van der Waals surface area contributed by atoms with Gasteiger partial charge in [-0.1, -0.05) is 24.3 Å². The van der Waals surface area contributed by atoms with E-state index in [0.717, 1.165) is 16.7 Å². The minimum absolute atomic E-state index is 0.0156. The second-order valence-electron chi connectivity index (χ2n) is 7.41. The second kappa shape index (κ2) is 9.60. The number of hydrogen-bond donors (Lipinski definition) is 0. The summed E-state index contributed by atoms with van der Waals surface area (Å²) in [5.41, 5.74) is 3.49. The van der Waals surface area contributed by atoms with Crippen molar-refractivity contribution in [1.82, 2.24) is 9.88 Å². The highest BCUT2D eigenvalue weighted by atomic mass is 16.5. The zero-order chi connectivity index (χ0) is 22.5. The molecule has 2 aromatic carbocycles. The Kier molecular flexibility index (Phi) is 6.44. The molecule has 0 atom stereocenters. The van der Waals surface area contributed by atoms with Crippen LogP contribution in [0.5, 0.6) is 17.2 Å². The molecule has 7 nitrogen and oxygen atoms in total. The van der Waals surface area contributed by atoms with Crippen molar-refractivity contribution in [2.24, 2.45) is 0 Å². The van der Waals surface area contributed by atoms with Gasteiger partial charge in [-0.25, -0.2) is 4.98 Å². The van der Waals surface area contributed by atoms with Gasteiger partial charge < -0.3 is 23.5 Å². The van der Waals surface area contributed by atoms with E-state index in [9.17, 15) is 4.79 Å². The van der Waals surface area contributed by atoms with Crippen molar-refractivity contribution in [2.75, 3.05) is 34.4 Å². The molecule has 0 unspecified atom stereocenters. The molecule has 0 fully saturated rings. The normalized spacial score (nSPS) is 13.5. The zero-order valence-electron chi connectivity index (χ0n) is 18.5. The van der Waals surface area contributed by atoms with Crippen LogP contribution in [-0.4, -0.2) is 50.2 Å². The summed E-state index contributed by atoms with van der Waals surface area (Å²) in [7, 11) is 4.85. The van der Waals surface area contributed by atoms with Crippen molar-refractivity contribution in [2.45, 2.75) is 12.8 Å². The summed E-state index contributed by atoms with van der Waals surface area (Å²) in [6, 6.07) is 13.3. The molecule has 0 radical (unpaired) electrons. The van der Waals surface area contributed by atoms with Crippen molar-refractivity contribution in [1.29, 1.82) is 0 Å². The predicted octanol–water partition coefficient (Wildman–Crippen LogP) is 4.23. The number of aromatic nitrogens is 1. The van der Waals surface area contributed by atoms with Gasteiger partial charge in [-0.3, -0.25) is 4.79 Å². The van der Waals surface area contributed by atoms with E-state index in [0.29, 0.717) is 48.3 Å². The van der Waals surface area contributed by atoms with E-state index in [4.69, 9.17) is 18.6 Å². The average molecular weight is 434 g/mol. The molecule has 1 aliphatic rings. The summed E-state index contributed by atoms with van der Waals surface area (Å²) < 4.78 is 22.0. The van der Waals surface area contributed by atoms with E-state index in [1.807, 2.05) is 53.4 Å². The van der Waals surface area contributed by atoms with Crippen molar-refractivity contribution in [3.63, 3.8) is 0 Å². The molecule has 2 heterocycles. The van der Waals surface area contributed by atoms with Crippen LogP contribution in [0.25, 0.3) is 17.0 Å². The molecular formula is C25H26N2O5. The van der Waals surface area contributed by atoms with E-state index >= 15 is 0 Å². The first-order chi connectivity index (χ1) is 15.6. The highest BCUT2D eigenvalue weighted by Crippen LogP contribution is 2.40. The molecular weight excluding hydrogens is 408 g/mol. The Hall–Kier alpha value is -3.74. The van der Waals surface area contributed by atoms with Gasteiger partial charge in [-0.05, 0) is 24.1 Å². The topological polar surface area (TPSA) is 74.0 Å². The number of oxazole rings is 1. The second-order valence-corrected chi connectivity index (χ2v) is 7.41. The van der Waals surface area contributed by atoms with Gasteiger partial charge in [0.15, 0.2) is 0 Å². The molecule has 0 N–H and O–H groups in total. The number of carbonyl (C=O) groups is 1. The molecule has 1 amide bonds. The number of benzene rings is 2. The molecule has 32 heavy (non-hydrogen) atoms. The Labute approximate surface area is 187 Å². The molecule has 7 heteroatoms. The van der Waals surface area contributed by atoms with Gasteiger partial charge in [0.2, 0.25) is 11.8 Å². The van der Waals surface area contributed by atoms with Crippen molar-refractivity contribution in [3.8, 4) is 28.7 Å². The lowest BCUT2D eigenvalue weighted by Crippen LogP contribution is -2.35. The van der Waals surface area contributed by atoms with Crippen LogP contribution in [0.2, 0.25) is 0 Å². The quantitative estimate of drug-likeness (QED) is 0.554. The molecule has 0 aliphatic carbocycles. The minimum Gasteiger partial charge on any atom is -0.496 e. The Balaban J connectivity index is 1.46. The summed E-state index contributed by atoms with van der Waals surface area (Å²) in [4.78, 5) is 19.1. The number of ether oxygens (including phenoxy) is 3. The van der Waals surface area contributed by atoms with E-state index in [-0.39, 0.29) is 12.3 Å². The van der Waals surface area contributed by atoms with E-state index in [1.54, 1.807) is 27.6 Å². The Bertz CT molecular complexity index is 1100. The molecule has 166 valence electrons. The maximum atomic E-state index is 12.8. The number of methoxy groups -OCH3 is 3. The van der Waals surface area contributed by atoms with Crippen molar-refractivity contribution < 1.29 is 23.4 Å². The standard InChI is InChI=1S/C25H26N2O5/c1-29-20-14-21(30-2)24(22(15-20)31-3)17-9-11-27(12-10-17)23(28)13-19-16-32-25(26-19)18-7-5-4-6-8-18/h4-9,14-16H,10-13H2,1-3H3. The van der Waals surface area contributed by atoms with Gasteiger partial charge in [0.1, 0.15) is 23.5 Å². The summed E-state index contributed by atoms with van der Waals surface area (Å²) in [6.45, 7) is 1.11. The Morgan fingerprint density at radius 1 is 1.06 bits per heavy atom. The van der Waals surface area contributed by atoms with Crippen LogP contribution in [0.1, 0.15) is 17.7 Å². The average Bonchev–Trinajstić information content (AvgIpc) is 3.32. The number of hydrogen-bond acceptors (Lipinski definition) is 6. The van der Waals surface area contributed by atoms with Gasteiger partial charge >= 0.3 is 0 Å². The molecule has 0 bridgehead atoms. The van der Waals surface area contributed by atoms with E-state index in [1.165, 1.54) is 0 Å². The van der Waals surface area contributed by atoms with Crippen LogP contribution in [0, 0.1) is 0 Å². The molecule has 0 saturated heterocycles. The summed E-state index contributed by atoms with van der Waals surface area (Å²) >= 11 is 0. The first-order valence-corrected chi connectivity index (χ1v) is 10.4. The summed E-state index contributed by atoms with van der Waals surface area (Å²) in [6.07, 6.45) is 4.50. The molecule has 3 aromatic rings. The zero-order valence-corrected chi connectivity index (χ0v) is 18.5. The van der Waals surface area contributed by atoms with Crippen LogP contribution in [-0.2, 0) is 11.2 Å². The van der Waals surface area contributed by atoms with Crippen molar-refractivity contribution in [3.05, 3.63) is 66.1 Å². The SMILES string of the molecule is COc1cc(OC)c(C2=CCN(C(=O)Cc3coc(-c4ccccc4)n3)CC2)c(OC)c1. The number of amides is 1. The first-order valence-electron chi connectivity index (χ1n) is 10.4. The lowest BCUT2D eigenvalue weighted by molar-refractivity contribution is -0.130. The number of nitrogens with zero attached hydrogens (tertiary/aromatic N) is 2. The van der Waals surface area contributed by atoms with Gasteiger partial charge in [-0.2, -0.15) is 0 Å². The maximum Gasteiger partial charge on any atom is 0.229 e. The highest BCUT2D eigenvalue weighted by Gasteiger charge is 2.23. The van der Waals surface area contributed by atoms with Gasteiger partial charge in [0, 0.05) is 30.8 Å². The van der Waals surface area contributed by atoms with Gasteiger partial charge in [0.05, 0.1) is 39.0 Å². The maximum absolute atomic E-state index is 12.8. The minimum atomic E-state index is 0.0156. The number of carbonyl (C=O) groups excluding carboxylic acids is 1. The Morgan fingerprint density at radius 3 is 2.38 bits per heavy atom. The van der Waals surface area contributed by atoms with Gasteiger partial charge in [-0.15, -0.1) is 0 Å². The summed E-state index contributed by atoms with van der Waals surface area (Å²) in [5, 5.41) is 0. The fourth-order valence-corrected chi connectivity index (χ4v) is 3.81. The molecule has 4 rings (SSSR count). The summed E-state index contributed by atoms with van der Waals surface area (Å²) in [5.74, 6) is 2.57. The van der Waals surface area contributed by atoms with Gasteiger partial charge in [0.25, 0.3) is 0 Å². The Morgan fingerprint density at radius 2 is 1.78 bits per heavy atom. The first kappa shape index (κ1) is 21.5. The van der Waals surface area contributed by atoms with Crippen LogP contribution in [0.3, 0.4) is 0 Å². The van der Waals surface area contributed by atoms with Crippen LogP contribution < -0.4 is 14.2 Å². The highest BCUT2D eigenvalue weighted by molar-refractivity contribution is 5.82. The molecule has 0 saturated carbocycles. The van der Waals surface area contributed by atoms with Crippen LogP contribution in [0.15, 0.2) is 59.2 Å². The van der Waals surface area contributed by atoms with Crippen LogP contribution >= 0.6 is 0 Å². The lowest BCUT2D eigenvalue weighted by atomic mass is 9.97. The van der Waals surface area contributed by atoms with E-state index in [2.05, 4.69) is 4.98 Å². The predicted molar refractivity (Wildman–Crippen MR) is 121 cm³/mol. The molecule has 0 spiro atoms. The fourth-order valence-electron chi connectivity index (χ4n) is 3.81. The van der Waals surface area contributed by atoms with E-state index < -0.39 is 0 Å². The largest absolute Gasteiger partial charge is 0.496 e. The monoisotopic (exact) mass is 434 g/mol. The number of rotatable bonds is 7. The van der Waals surface area contributed by atoms with Crippen LogP contribution in [0.4, 0.5) is 0 Å². The smallest absolute Gasteiger partial charge is 0.229 e. The molecule has 1 aliphatic heterocycles. The third-order valence-corrected chi connectivity index (χ3v) is 5.50.